The summed E-state index contributed by atoms with van der Waals surface area (Å²) in [5, 5.41) is 0. The van der Waals surface area contributed by atoms with E-state index in [0.29, 0.717) is 12.6 Å². The van der Waals surface area contributed by atoms with Gasteiger partial charge < -0.3 is 15.2 Å². The molecular weight excluding hydrogens is 214 g/mol. The topological polar surface area (TPSA) is 50.3 Å². The number of nitrogens with zero attached hydrogens (tertiary/aromatic N) is 4. The van der Waals surface area contributed by atoms with Gasteiger partial charge in [-0.05, 0) is 14.0 Å². The van der Waals surface area contributed by atoms with Gasteiger partial charge in [-0.15, -0.1) is 0 Å². The Balaban J connectivity index is 2.16. The molecule has 0 amide bonds. The molecule has 1 unspecified atom stereocenters. The number of hydrogen-bond donors (Lipinski definition) is 1. The van der Waals surface area contributed by atoms with Crippen molar-refractivity contribution in [2.24, 2.45) is 12.8 Å². The van der Waals surface area contributed by atoms with E-state index in [-0.39, 0.29) is 0 Å². The van der Waals surface area contributed by atoms with Gasteiger partial charge in [-0.25, -0.2) is 4.98 Å². The van der Waals surface area contributed by atoms with Crippen molar-refractivity contribution in [3.05, 3.63) is 17.7 Å². The second-order valence-electron chi connectivity index (χ2n) is 4.92. The van der Waals surface area contributed by atoms with Crippen molar-refractivity contribution in [1.82, 2.24) is 19.4 Å². The molecule has 1 aliphatic rings. The van der Waals surface area contributed by atoms with E-state index >= 15 is 0 Å². The molecule has 2 N–H and O–H groups in total. The lowest BCUT2D eigenvalue weighted by Gasteiger charge is -2.37. The molecule has 96 valence electrons. The minimum absolute atomic E-state index is 0.302. The van der Waals surface area contributed by atoms with Gasteiger partial charge in [0.2, 0.25) is 0 Å². The zero-order valence-corrected chi connectivity index (χ0v) is 11.1. The van der Waals surface area contributed by atoms with E-state index in [4.69, 9.17) is 5.73 Å². The summed E-state index contributed by atoms with van der Waals surface area (Å²) in [7, 11) is 4.22. The number of aryl methyl sites for hydroxylation is 2. The molecule has 0 spiro atoms. The molecule has 1 saturated heterocycles. The number of nitrogens with two attached hydrogens (primary N) is 1. The monoisotopic (exact) mass is 237 g/mol. The maximum absolute atomic E-state index is 5.97. The molecule has 17 heavy (non-hydrogen) atoms. The Hall–Kier alpha value is -0.910. The lowest BCUT2D eigenvalue weighted by Crippen LogP contribution is -2.48. The maximum atomic E-state index is 5.97. The van der Waals surface area contributed by atoms with Gasteiger partial charge in [0.05, 0.1) is 23.8 Å². The zero-order valence-electron chi connectivity index (χ0n) is 11.1. The van der Waals surface area contributed by atoms with Crippen molar-refractivity contribution in [3.8, 4) is 0 Å². The average Bonchev–Trinajstić information content (AvgIpc) is 2.64. The van der Waals surface area contributed by atoms with Crippen LogP contribution in [0, 0.1) is 6.92 Å². The molecule has 0 saturated carbocycles. The van der Waals surface area contributed by atoms with E-state index in [1.807, 2.05) is 13.4 Å². The number of hydrogen-bond acceptors (Lipinski definition) is 4. The first kappa shape index (κ1) is 12.5. The Morgan fingerprint density at radius 3 is 2.41 bits per heavy atom. The Labute approximate surface area is 103 Å². The van der Waals surface area contributed by atoms with Crippen LogP contribution in [0.4, 0.5) is 0 Å². The zero-order chi connectivity index (χ0) is 12.4. The van der Waals surface area contributed by atoms with Crippen LogP contribution in [0.2, 0.25) is 0 Å². The summed E-state index contributed by atoms with van der Waals surface area (Å²) < 4.78 is 2.10. The quantitative estimate of drug-likeness (QED) is 0.802. The molecule has 0 radical (unpaired) electrons. The van der Waals surface area contributed by atoms with Crippen molar-refractivity contribution < 1.29 is 0 Å². The van der Waals surface area contributed by atoms with Crippen LogP contribution in [0.25, 0.3) is 0 Å². The number of likely N-dealkylation sites (N-methyl/N-ethyl adjacent to an activating group) is 1. The van der Waals surface area contributed by atoms with E-state index in [9.17, 15) is 0 Å². The summed E-state index contributed by atoms with van der Waals surface area (Å²) in [5.41, 5.74) is 8.33. The molecule has 2 rings (SSSR count). The highest BCUT2D eigenvalue weighted by atomic mass is 15.3. The first-order valence-corrected chi connectivity index (χ1v) is 6.24. The van der Waals surface area contributed by atoms with Gasteiger partial charge in [0.1, 0.15) is 0 Å². The molecular formula is C12H23N5. The normalized spacial score (nSPS) is 20.7. The Kier molecular flexibility index (Phi) is 3.81. The highest BCUT2D eigenvalue weighted by Gasteiger charge is 2.26. The highest BCUT2D eigenvalue weighted by Crippen LogP contribution is 2.22. The standard InChI is InChI=1S/C12H23N5/c1-10-12(16(3)9-14-10)11(8-13)17-6-4-15(2)5-7-17/h9,11H,4-8,13H2,1-3H3. The minimum atomic E-state index is 0.302. The summed E-state index contributed by atoms with van der Waals surface area (Å²) in [6.07, 6.45) is 1.88. The SMILES string of the molecule is Cc1ncn(C)c1C(CN)N1CCN(C)CC1. The number of aromatic nitrogens is 2. The fourth-order valence-corrected chi connectivity index (χ4v) is 2.60. The van der Waals surface area contributed by atoms with Gasteiger partial charge in [-0.2, -0.15) is 0 Å². The molecule has 1 aromatic heterocycles. The van der Waals surface area contributed by atoms with Crippen molar-refractivity contribution in [2.45, 2.75) is 13.0 Å². The van der Waals surface area contributed by atoms with Crippen molar-refractivity contribution in [1.29, 1.82) is 0 Å². The van der Waals surface area contributed by atoms with Crippen LogP contribution in [0.15, 0.2) is 6.33 Å². The molecule has 5 nitrogen and oxygen atoms in total. The lowest BCUT2D eigenvalue weighted by atomic mass is 10.1. The third-order valence-electron chi connectivity index (χ3n) is 3.69. The van der Waals surface area contributed by atoms with Crippen molar-refractivity contribution in [3.63, 3.8) is 0 Å². The molecule has 1 atom stereocenters. The highest BCUT2D eigenvalue weighted by molar-refractivity contribution is 5.16. The molecule has 5 heteroatoms. The van der Waals surface area contributed by atoms with Gasteiger partial charge in [0.25, 0.3) is 0 Å². The van der Waals surface area contributed by atoms with Gasteiger partial charge in [-0.1, -0.05) is 0 Å². The third-order valence-corrected chi connectivity index (χ3v) is 3.69. The fraction of sp³-hybridized carbons (Fsp3) is 0.750. The first-order valence-electron chi connectivity index (χ1n) is 6.24. The van der Waals surface area contributed by atoms with Gasteiger partial charge >= 0.3 is 0 Å². The van der Waals surface area contributed by atoms with Gasteiger partial charge in [0, 0.05) is 39.8 Å². The third kappa shape index (κ3) is 2.51. The van der Waals surface area contributed by atoms with Crippen LogP contribution in [0.1, 0.15) is 17.4 Å². The van der Waals surface area contributed by atoms with Crippen LogP contribution < -0.4 is 5.73 Å². The number of rotatable bonds is 3. The largest absolute Gasteiger partial charge is 0.336 e. The van der Waals surface area contributed by atoms with Crippen LogP contribution >= 0.6 is 0 Å². The molecule has 0 aliphatic carbocycles. The second kappa shape index (κ2) is 5.16. The fourth-order valence-electron chi connectivity index (χ4n) is 2.60. The predicted molar refractivity (Wildman–Crippen MR) is 68.8 cm³/mol. The van der Waals surface area contributed by atoms with Crippen LogP contribution in [-0.4, -0.2) is 59.1 Å². The summed E-state index contributed by atoms with van der Waals surface area (Å²) in [6.45, 7) is 7.13. The second-order valence-corrected chi connectivity index (χ2v) is 4.92. The number of piperazine rings is 1. The minimum Gasteiger partial charge on any atom is -0.336 e. The van der Waals surface area contributed by atoms with Crippen molar-refractivity contribution >= 4 is 0 Å². The van der Waals surface area contributed by atoms with Crippen LogP contribution in [-0.2, 0) is 7.05 Å². The summed E-state index contributed by atoms with van der Waals surface area (Å²) in [5.74, 6) is 0. The lowest BCUT2D eigenvalue weighted by molar-refractivity contribution is 0.111. The average molecular weight is 237 g/mol. The van der Waals surface area contributed by atoms with Gasteiger partial charge in [0.15, 0.2) is 0 Å². The maximum Gasteiger partial charge on any atom is 0.0949 e. The Morgan fingerprint density at radius 2 is 1.94 bits per heavy atom. The smallest absolute Gasteiger partial charge is 0.0949 e. The molecule has 1 aliphatic heterocycles. The first-order chi connectivity index (χ1) is 8.13. The molecule has 0 bridgehead atoms. The van der Waals surface area contributed by atoms with E-state index in [0.717, 1.165) is 31.9 Å². The van der Waals surface area contributed by atoms with E-state index in [1.54, 1.807) is 0 Å². The molecule has 2 heterocycles. The molecule has 1 fully saturated rings. The van der Waals surface area contributed by atoms with Crippen molar-refractivity contribution in [2.75, 3.05) is 39.8 Å². The van der Waals surface area contributed by atoms with E-state index in [2.05, 4.69) is 33.3 Å². The molecule has 1 aromatic rings. The number of imidazole rings is 1. The summed E-state index contributed by atoms with van der Waals surface area (Å²) in [4.78, 5) is 9.20. The Morgan fingerprint density at radius 1 is 1.29 bits per heavy atom. The van der Waals surface area contributed by atoms with E-state index in [1.165, 1.54) is 5.69 Å². The Bertz CT molecular complexity index is 345. The summed E-state index contributed by atoms with van der Waals surface area (Å²) in [6, 6.07) is 0.302. The summed E-state index contributed by atoms with van der Waals surface area (Å²) >= 11 is 0. The molecule has 0 aromatic carbocycles. The van der Waals surface area contributed by atoms with Crippen LogP contribution in [0.3, 0.4) is 0 Å². The van der Waals surface area contributed by atoms with Gasteiger partial charge in [-0.3, -0.25) is 4.90 Å². The van der Waals surface area contributed by atoms with E-state index < -0.39 is 0 Å². The van der Waals surface area contributed by atoms with Crippen LogP contribution in [0.5, 0.6) is 0 Å². The predicted octanol–water partition coefficient (Wildman–Crippen LogP) is -0.0243.